The molecule has 0 aliphatic heterocycles. The van der Waals surface area contributed by atoms with E-state index in [1.54, 1.807) is 24.3 Å². The molecule has 82 valence electrons. The minimum Gasteiger partial charge on any atom is -0.768 e. The fraction of sp³-hybridized carbons (Fsp3) is 0.300. The van der Waals surface area contributed by atoms with Crippen LogP contribution >= 0.6 is 0 Å². The average Bonchev–Trinajstić information content (AvgIpc) is 2.18. The van der Waals surface area contributed by atoms with Crippen LogP contribution in [-0.2, 0) is 22.3 Å². The zero-order chi connectivity index (χ0) is 11.3. The summed E-state index contributed by atoms with van der Waals surface area (Å²) in [4.78, 5) is 10.9. The van der Waals surface area contributed by atoms with Crippen molar-refractivity contribution in [1.29, 1.82) is 0 Å². The molecular formula is C10H12NNaO3S. The summed E-state index contributed by atoms with van der Waals surface area (Å²) >= 11 is -2.17. The first-order valence-electron chi connectivity index (χ1n) is 4.52. The van der Waals surface area contributed by atoms with Crippen molar-refractivity contribution in [3.05, 3.63) is 29.8 Å². The first-order chi connectivity index (χ1) is 7.09. The summed E-state index contributed by atoms with van der Waals surface area (Å²) in [6.45, 7) is 2.03. The molecule has 0 heterocycles. The normalized spacial score (nSPS) is 11.4. The summed E-state index contributed by atoms with van der Waals surface area (Å²) in [5, 5.41) is 2.67. The van der Waals surface area contributed by atoms with Gasteiger partial charge in [-0.1, -0.05) is 12.1 Å². The van der Waals surface area contributed by atoms with Gasteiger partial charge in [-0.2, -0.15) is 0 Å². The van der Waals surface area contributed by atoms with Gasteiger partial charge in [0.2, 0.25) is 5.91 Å². The van der Waals surface area contributed by atoms with Gasteiger partial charge in [-0.3, -0.25) is 9.00 Å². The minimum absolute atomic E-state index is 0. The summed E-state index contributed by atoms with van der Waals surface area (Å²) in [5.41, 5.74) is 0.998. The molecule has 16 heavy (non-hydrogen) atoms. The van der Waals surface area contributed by atoms with Gasteiger partial charge in [0, 0.05) is 18.4 Å². The fourth-order valence-corrected chi connectivity index (χ4v) is 1.51. The van der Waals surface area contributed by atoms with Gasteiger partial charge in [0.15, 0.2) is 0 Å². The molecule has 1 N–H and O–H groups in total. The van der Waals surface area contributed by atoms with Crippen LogP contribution < -0.4 is 34.9 Å². The van der Waals surface area contributed by atoms with Crippen molar-refractivity contribution in [2.45, 2.75) is 18.2 Å². The van der Waals surface area contributed by atoms with Crippen LogP contribution in [0, 0.1) is 0 Å². The van der Waals surface area contributed by atoms with Gasteiger partial charge in [-0.25, -0.2) is 0 Å². The first kappa shape index (κ1) is 15.8. The van der Waals surface area contributed by atoms with E-state index in [1.165, 1.54) is 6.92 Å². The predicted molar refractivity (Wildman–Crippen MR) is 56.0 cm³/mol. The molecule has 0 saturated heterocycles. The molecule has 0 aliphatic carbocycles. The maximum absolute atomic E-state index is 10.6. The van der Waals surface area contributed by atoms with E-state index in [-0.39, 0.29) is 40.4 Å². The zero-order valence-corrected chi connectivity index (χ0v) is 12.2. The molecule has 0 aromatic heterocycles. The van der Waals surface area contributed by atoms with E-state index in [9.17, 15) is 13.6 Å². The van der Waals surface area contributed by atoms with Crippen LogP contribution in [0.15, 0.2) is 29.2 Å². The van der Waals surface area contributed by atoms with Crippen LogP contribution in [0.4, 0.5) is 0 Å². The Kier molecular flexibility index (Phi) is 7.87. The van der Waals surface area contributed by atoms with Crippen LogP contribution in [0.1, 0.15) is 12.5 Å². The Morgan fingerprint density at radius 2 is 1.94 bits per heavy atom. The smallest absolute Gasteiger partial charge is 0.768 e. The number of hydrogen-bond donors (Lipinski definition) is 1. The SMILES string of the molecule is CC(=O)NCCc1ccc(S(=O)[O-])cc1.[Na+]. The maximum Gasteiger partial charge on any atom is 1.00 e. The number of nitrogens with one attached hydrogen (secondary N) is 1. The molecule has 0 spiro atoms. The molecule has 0 aliphatic rings. The zero-order valence-electron chi connectivity index (χ0n) is 9.36. The monoisotopic (exact) mass is 249 g/mol. The maximum atomic E-state index is 10.6. The van der Waals surface area contributed by atoms with Gasteiger partial charge in [0.1, 0.15) is 0 Å². The average molecular weight is 249 g/mol. The van der Waals surface area contributed by atoms with Crippen molar-refractivity contribution < 1.29 is 43.1 Å². The largest absolute Gasteiger partial charge is 1.00 e. The molecule has 1 atom stereocenters. The molecule has 0 saturated carbocycles. The first-order valence-corrected chi connectivity index (χ1v) is 5.59. The number of amides is 1. The van der Waals surface area contributed by atoms with Crippen LogP contribution in [0.25, 0.3) is 0 Å². The minimum atomic E-state index is -2.17. The summed E-state index contributed by atoms with van der Waals surface area (Å²) in [6.07, 6.45) is 0.700. The molecule has 1 rings (SSSR count). The Morgan fingerprint density at radius 1 is 1.38 bits per heavy atom. The Balaban J connectivity index is 0.00000225. The second-order valence-corrected chi connectivity index (χ2v) is 4.05. The summed E-state index contributed by atoms with van der Waals surface area (Å²) in [5.74, 6) is -0.0627. The Bertz CT molecular complexity index is 367. The number of rotatable bonds is 4. The van der Waals surface area contributed by atoms with Gasteiger partial charge in [-0.05, 0) is 35.2 Å². The summed E-state index contributed by atoms with van der Waals surface area (Å²) < 4.78 is 21.1. The van der Waals surface area contributed by atoms with E-state index in [2.05, 4.69) is 5.32 Å². The Morgan fingerprint density at radius 3 is 2.38 bits per heavy atom. The van der Waals surface area contributed by atoms with Gasteiger partial charge in [0.25, 0.3) is 0 Å². The van der Waals surface area contributed by atoms with Gasteiger partial charge >= 0.3 is 29.6 Å². The van der Waals surface area contributed by atoms with Gasteiger partial charge < -0.3 is 9.87 Å². The molecule has 4 nitrogen and oxygen atoms in total. The summed E-state index contributed by atoms with van der Waals surface area (Å²) in [6, 6.07) is 6.58. The number of benzene rings is 1. The Labute approximate surface area is 119 Å². The van der Waals surface area contributed by atoms with Gasteiger partial charge in [-0.15, -0.1) is 0 Å². The fourth-order valence-electron chi connectivity index (χ4n) is 1.15. The molecular weight excluding hydrogens is 237 g/mol. The molecule has 1 aromatic rings. The number of hydrogen-bond acceptors (Lipinski definition) is 3. The molecule has 1 amide bonds. The van der Waals surface area contributed by atoms with E-state index < -0.39 is 11.1 Å². The predicted octanol–water partition coefficient (Wildman–Crippen LogP) is -2.39. The molecule has 0 radical (unpaired) electrons. The van der Waals surface area contributed by atoms with Crippen molar-refractivity contribution in [2.24, 2.45) is 0 Å². The van der Waals surface area contributed by atoms with Crippen molar-refractivity contribution >= 4 is 17.0 Å². The third kappa shape index (κ3) is 5.77. The second-order valence-electron chi connectivity index (χ2n) is 3.11. The Hall–Kier alpha value is -0.200. The number of carbonyl (C=O) groups excluding carboxylic acids is 1. The van der Waals surface area contributed by atoms with E-state index in [0.717, 1.165) is 5.56 Å². The molecule has 6 heteroatoms. The standard InChI is InChI=1S/C10H13NO3S.Na/c1-8(12)11-7-6-9-2-4-10(5-3-9)15(13)14;/h2-5H,6-7H2,1H3,(H,11,12)(H,13,14);/q;+1/p-1. The van der Waals surface area contributed by atoms with Crippen molar-refractivity contribution in [1.82, 2.24) is 5.32 Å². The van der Waals surface area contributed by atoms with E-state index in [4.69, 9.17) is 0 Å². The van der Waals surface area contributed by atoms with Crippen molar-refractivity contribution in [2.75, 3.05) is 6.54 Å². The quantitative estimate of drug-likeness (QED) is 0.478. The van der Waals surface area contributed by atoms with Crippen LogP contribution in [0.5, 0.6) is 0 Å². The van der Waals surface area contributed by atoms with Crippen LogP contribution in [-0.4, -0.2) is 21.2 Å². The van der Waals surface area contributed by atoms with Crippen molar-refractivity contribution in [3.8, 4) is 0 Å². The molecule has 0 bridgehead atoms. The third-order valence-corrected chi connectivity index (χ3v) is 2.56. The van der Waals surface area contributed by atoms with E-state index in [0.29, 0.717) is 13.0 Å². The third-order valence-electron chi connectivity index (χ3n) is 1.90. The van der Waals surface area contributed by atoms with Crippen LogP contribution in [0.2, 0.25) is 0 Å². The second kappa shape index (κ2) is 7.97. The summed E-state index contributed by atoms with van der Waals surface area (Å²) in [7, 11) is 0. The molecule has 0 fully saturated rings. The van der Waals surface area contributed by atoms with E-state index in [1.807, 2.05) is 0 Å². The number of carbonyl (C=O) groups is 1. The molecule has 1 unspecified atom stereocenters. The van der Waals surface area contributed by atoms with Crippen LogP contribution in [0.3, 0.4) is 0 Å². The molecule has 1 aromatic carbocycles. The van der Waals surface area contributed by atoms with Crippen molar-refractivity contribution in [3.63, 3.8) is 0 Å². The van der Waals surface area contributed by atoms with Gasteiger partial charge in [0.05, 0.1) is 0 Å². The van der Waals surface area contributed by atoms with E-state index >= 15 is 0 Å². The topological polar surface area (TPSA) is 69.2 Å².